The Morgan fingerprint density at radius 2 is 1.82 bits per heavy atom. The van der Waals surface area contributed by atoms with Gasteiger partial charge in [0.15, 0.2) is 20.6 Å². The van der Waals surface area contributed by atoms with Gasteiger partial charge in [-0.25, -0.2) is 12.8 Å². The van der Waals surface area contributed by atoms with E-state index >= 15 is 0 Å². The molecule has 0 radical (unpaired) electrons. The van der Waals surface area contributed by atoms with Crippen LogP contribution in [0.3, 0.4) is 0 Å². The summed E-state index contributed by atoms with van der Waals surface area (Å²) in [6.07, 6.45) is -3.52. The number of hydrogen-bond acceptors (Lipinski definition) is 5. The zero-order valence-corrected chi connectivity index (χ0v) is 16.3. The van der Waals surface area contributed by atoms with Crippen LogP contribution in [0, 0.1) is 5.82 Å². The molecule has 1 aromatic carbocycles. The molecule has 0 atom stereocenters. The van der Waals surface area contributed by atoms with Crippen LogP contribution in [0.4, 0.5) is 17.6 Å². The van der Waals surface area contributed by atoms with Crippen molar-refractivity contribution in [3.8, 4) is 0 Å². The van der Waals surface area contributed by atoms with Crippen LogP contribution >= 0.6 is 23.4 Å². The zero-order valence-electron chi connectivity index (χ0n) is 13.9. The fourth-order valence-electron chi connectivity index (χ4n) is 2.36. The average Bonchev–Trinajstić information content (AvgIpc) is 3.02. The Labute approximate surface area is 166 Å². The maximum Gasteiger partial charge on any atom is 0.417 e. The largest absolute Gasteiger partial charge is 0.417 e. The summed E-state index contributed by atoms with van der Waals surface area (Å²) in [5.74, 6) is -0.462. The molecule has 0 aliphatic rings. The summed E-state index contributed by atoms with van der Waals surface area (Å²) in [7, 11) is -3.59. The molecular weight excluding hydrogens is 442 g/mol. The van der Waals surface area contributed by atoms with Gasteiger partial charge in [-0.05, 0) is 36.8 Å². The molecule has 12 heteroatoms. The number of benzene rings is 1. The van der Waals surface area contributed by atoms with Crippen molar-refractivity contribution in [2.45, 2.75) is 22.6 Å². The van der Waals surface area contributed by atoms with E-state index in [4.69, 9.17) is 11.6 Å². The highest BCUT2D eigenvalue weighted by Gasteiger charge is 2.32. The average molecular weight is 454 g/mol. The van der Waals surface area contributed by atoms with Gasteiger partial charge in [-0.1, -0.05) is 23.4 Å². The van der Waals surface area contributed by atoms with Gasteiger partial charge in [0.25, 0.3) is 0 Å². The molecule has 0 bridgehead atoms. The van der Waals surface area contributed by atoms with Gasteiger partial charge in [-0.3, -0.25) is 4.40 Å². The van der Waals surface area contributed by atoms with Crippen molar-refractivity contribution in [1.82, 2.24) is 14.6 Å². The van der Waals surface area contributed by atoms with Gasteiger partial charge in [-0.2, -0.15) is 13.2 Å². The normalized spacial score (nSPS) is 12.6. The molecule has 0 saturated heterocycles. The van der Waals surface area contributed by atoms with Crippen molar-refractivity contribution in [2.24, 2.45) is 0 Å². The number of hydrogen-bond donors (Lipinski definition) is 0. The summed E-state index contributed by atoms with van der Waals surface area (Å²) >= 11 is 6.90. The van der Waals surface area contributed by atoms with Crippen molar-refractivity contribution >= 4 is 38.8 Å². The van der Waals surface area contributed by atoms with Crippen LogP contribution in [0.5, 0.6) is 0 Å². The Balaban J connectivity index is 1.69. The lowest BCUT2D eigenvalue weighted by Crippen LogP contribution is -2.08. The molecule has 2 heterocycles. The number of halogens is 5. The number of rotatable bonds is 6. The van der Waals surface area contributed by atoms with E-state index in [2.05, 4.69) is 10.2 Å². The van der Waals surface area contributed by atoms with E-state index in [1.165, 1.54) is 12.1 Å². The SMILES string of the molecule is O=S(=O)(CCCSc1nnc2c(Cl)cc(C(F)(F)F)cn12)c1ccc(F)cc1. The first kappa shape index (κ1) is 20.9. The van der Waals surface area contributed by atoms with Crippen LogP contribution in [-0.2, 0) is 16.0 Å². The van der Waals surface area contributed by atoms with Crippen molar-refractivity contribution in [3.05, 3.63) is 52.9 Å². The van der Waals surface area contributed by atoms with Crippen LogP contribution in [0.15, 0.2) is 46.6 Å². The van der Waals surface area contributed by atoms with E-state index in [1.807, 2.05) is 0 Å². The maximum absolute atomic E-state index is 12.9. The third-order valence-corrected chi connectivity index (χ3v) is 6.84. The number of fused-ring (bicyclic) bond motifs is 1. The first-order valence-corrected chi connectivity index (χ1v) is 10.8. The molecule has 5 nitrogen and oxygen atoms in total. The van der Waals surface area contributed by atoms with Gasteiger partial charge in [-0.15, -0.1) is 10.2 Å². The van der Waals surface area contributed by atoms with Gasteiger partial charge in [0.2, 0.25) is 0 Å². The van der Waals surface area contributed by atoms with Gasteiger partial charge in [0.1, 0.15) is 5.82 Å². The van der Waals surface area contributed by atoms with E-state index in [-0.39, 0.29) is 38.6 Å². The smallest absolute Gasteiger partial charge is 0.276 e. The highest BCUT2D eigenvalue weighted by Crippen LogP contribution is 2.33. The van der Waals surface area contributed by atoms with E-state index in [0.717, 1.165) is 40.6 Å². The molecule has 3 rings (SSSR count). The van der Waals surface area contributed by atoms with E-state index in [0.29, 0.717) is 0 Å². The molecular formula is C16H12ClF4N3O2S2. The third kappa shape index (κ3) is 4.58. The minimum atomic E-state index is -4.58. The highest BCUT2D eigenvalue weighted by molar-refractivity contribution is 7.99. The Kier molecular flexibility index (Phi) is 5.87. The predicted molar refractivity (Wildman–Crippen MR) is 96.8 cm³/mol. The molecule has 0 fully saturated rings. The van der Waals surface area contributed by atoms with Gasteiger partial charge in [0, 0.05) is 11.9 Å². The second-order valence-corrected chi connectivity index (χ2v) is 9.30. The third-order valence-electron chi connectivity index (χ3n) is 3.72. The summed E-state index contributed by atoms with van der Waals surface area (Å²) < 4.78 is 77.3. The summed E-state index contributed by atoms with van der Waals surface area (Å²) in [4.78, 5) is 0.00780. The fraction of sp³-hybridized carbons (Fsp3) is 0.250. The summed E-state index contributed by atoms with van der Waals surface area (Å²) in [6, 6.07) is 5.27. The second-order valence-electron chi connectivity index (χ2n) is 5.73. The minimum Gasteiger partial charge on any atom is -0.276 e. The molecule has 0 N–H and O–H groups in total. The number of alkyl halides is 3. The minimum absolute atomic E-state index is 0.00780. The number of thioether (sulfide) groups is 1. The monoisotopic (exact) mass is 453 g/mol. The summed E-state index contributed by atoms with van der Waals surface area (Å²) in [5, 5.41) is 7.56. The van der Waals surface area contributed by atoms with Crippen LogP contribution in [-0.4, -0.2) is 34.5 Å². The second kappa shape index (κ2) is 7.88. The van der Waals surface area contributed by atoms with Crippen LogP contribution in [0.1, 0.15) is 12.0 Å². The van der Waals surface area contributed by atoms with Crippen molar-refractivity contribution in [3.63, 3.8) is 0 Å². The van der Waals surface area contributed by atoms with Gasteiger partial charge >= 0.3 is 6.18 Å². The van der Waals surface area contributed by atoms with Crippen molar-refractivity contribution < 1.29 is 26.0 Å². The standard InChI is InChI=1S/C16H12ClF4N3O2S2/c17-13-8-10(16(19,20)21)9-24-14(13)22-23-15(24)27-6-1-7-28(25,26)12-4-2-11(18)3-5-12/h2-5,8-9H,1,6-7H2. The molecule has 0 aliphatic carbocycles. The topological polar surface area (TPSA) is 64.3 Å². The Bertz CT molecular complexity index is 1100. The van der Waals surface area contributed by atoms with Crippen LogP contribution in [0.25, 0.3) is 5.65 Å². The number of pyridine rings is 1. The Hall–Kier alpha value is -1.85. The van der Waals surface area contributed by atoms with Crippen LogP contribution < -0.4 is 0 Å². The fourth-order valence-corrected chi connectivity index (χ4v) is 4.95. The number of sulfone groups is 1. The van der Waals surface area contributed by atoms with E-state index < -0.39 is 27.4 Å². The van der Waals surface area contributed by atoms with E-state index in [9.17, 15) is 26.0 Å². The lowest BCUT2D eigenvalue weighted by molar-refractivity contribution is -0.137. The summed E-state index contributed by atoms with van der Waals surface area (Å²) in [6.45, 7) is 0. The Morgan fingerprint density at radius 3 is 2.46 bits per heavy atom. The molecule has 0 saturated carbocycles. The van der Waals surface area contributed by atoms with Gasteiger partial charge in [0.05, 0.1) is 21.2 Å². The molecule has 0 aliphatic heterocycles. The predicted octanol–water partition coefficient (Wildman–Crippen LogP) is 4.50. The number of nitrogens with zero attached hydrogens (tertiary/aromatic N) is 3. The van der Waals surface area contributed by atoms with Gasteiger partial charge < -0.3 is 0 Å². The number of aromatic nitrogens is 3. The van der Waals surface area contributed by atoms with E-state index in [1.54, 1.807) is 0 Å². The molecule has 0 amide bonds. The highest BCUT2D eigenvalue weighted by atomic mass is 35.5. The summed E-state index contributed by atoms with van der Waals surface area (Å²) in [5.41, 5.74) is -0.860. The quantitative estimate of drug-likeness (QED) is 0.238. The molecule has 2 aromatic heterocycles. The Morgan fingerprint density at radius 1 is 1.14 bits per heavy atom. The molecule has 150 valence electrons. The first-order valence-electron chi connectivity index (χ1n) is 7.80. The lowest BCUT2D eigenvalue weighted by Gasteiger charge is -2.08. The van der Waals surface area contributed by atoms with Crippen LogP contribution in [0.2, 0.25) is 5.02 Å². The molecule has 3 aromatic rings. The maximum atomic E-state index is 12.9. The first-order chi connectivity index (χ1) is 13.1. The molecule has 28 heavy (non-hydrogen) atoms. The molecule has 0 spiro atoms. The lowest BCUT2D eigenvalue weighted by atomic mass is 10.3. The zero-order chi connectivity index (χ0) is 20.5. The van der Waals surface area contributed by atoms with Crippen molar-refractivity contribution in [1.29, 1.82) is 0 Å². The molecule has 0 unspecified atom stereocenters. The van der Waals surface area contributed by atoms with Crippen molar-refractivity contribution in [2.75, 3.05) is 11.5 Å².